The molecule has 1 heterocycles. The lowest BCUT2D eigenvalue weighted by molar-refractivity contribution is -0.114. The summed E-state index contributed by atoms with van der Waals surface area (Å²) in [7, 11) is 0. The van der Waals surface area contributed by atoms with Gasteiger partial charge >= 0.3 is 0 Å². The van der Waals surface area contributed by atoms with E-state index in [1.165, 1.54) is 12.5 Å². The van der Waals surface area contributed by atoms with E-state index >= 15 is 0 Å². The number of hydrogen-bond acceptors (Lipinski definition) is 4. The summed E-state index contributed by atoms with van der Waals surface area (Å²) < 4.78 is 5.36. The van der Waals surface area contributed by atoms with E-state index in [2.05, 4.69) is 22.5 Å². The Morgan fingerprint density at radius 1 is 1.29 bits per heavy atom. The van der Waals surface area contributed by atoms with Crippen LogP contribution in [0.15, 0.2) is 24.3 Å². The van der Waals surface area contributed by atoms with Crippen molar-refractivity contribution in [2.45, 2.75) is 26.4 Å². The van der Waals surface area contributed by atoms with Gasteiger partial charge in [-0.15, -0.1) is 0 Å². The summed E-state index contributed by atoms with van der Waals surface area (Å²) >= 11 is 0. The summed E-state index contributed by atoms with van der Waals surface area (Å²) in [5, 5.41) is 6.31. The molecule has 1 fully saturated rings. The molecule has 5 heteroatoms. The Kier molecular flexibility index (Phi) is 6.17. The number of carbonyl (C=O) groups excluding carboxylic acids is 1. The summed E-state index contributed by atoms with van der Waals surface area (Å²) in [6.45, 7) is 9.35. The van der Waals surface area contributed by atoms with Gasteiger partial charge in [-0.2, -0.15) is 0 Å². The third-order valence-electron chi connectivity index (χ3n) is 3.56. The molecule has 1 atom stereocenters. The molecule has 0 spiro atoms. The zero-order valence-electron chi connectivity index (χ0n) is 12.9. The molecule has 1 unspecified atom stereocenters. The van der Waals surface area contributed by atoms with E-state index in [0.29, 0.717) is 6.04 Å². The lowest BCUT2D eigenvalue weighted by Gasteiger charge is -2.29. The van der Waals surface area contributed by atoms with E-state index in [9.17, 15) is 4.79 Å². The van der Waals surface area contributed by atoms with Crippen molar-refractivity contribution in [3.63, 3.8) is 0 Å². The van der Waals surface area contributed by atoms with Crippen molar-refractivity contribution in [2.75, 3.05) is 38.2 Å². The van der Waals surface area contributed by atoms with Crippen LogP contribution in [0.5, 0.6) is 0 Å². The molecule has 5 nitrogen and oxygen atoms in total. The Morgan fingerprint density at radius 3 is 2.57 bits per heavy atom. The molecular weight excluding hydrogens is 266 g/mol. The number of ether oxygens (including phenoxy) is 1. The Bertz CT molecular complexity index is 441. The quantitative estimate of drug-likeness (QED) is 0.833. The second-order valence-corrected chi connectivity index (χ2v) is 5.57. The highest BCUT2D eigenvalue weighted by Gasteiger charge is 2.13. The first-order chi connectivity index (χ1) is 10.1. The Hall–Kier alpha value is -1.43. The summed E-state index contributed by atoms with van der Waals surface area (Å²) in [5.74, 6) is -0.0417. The van der Waals surface area contributed by atoms with E-state index in [-0.39, 0.29) is 5.91 Å². The molecule has 0 saturated carbocycles. The second kappa shape index (κ2) is 8.12. The number of amides is 1. The third kappa shape index (κ3) is 5.83. The fraction of sp³-hybridized carbons (Fsp3) is 0.562. The highest BCUT2D eigenvalue weighted by Crippen LogP contribution is 2.09. The van der Waals surface area contributed by atoms with E-state index in [1.807, 2.05) is 24.3 Å². The van der Waals surface area contributed by atoms with Gasteiger partial charge in [0.05, 0.1) is 13.2 Å². The van der Waals surface area contributed by atoms with Crippen LogP contribution in [-0.2, 0) is 16.1 Å². The lowest BCUT2D eigenvalue weighted by atomic mass is 10.2. The van der Waals surface area contributed by atoms with Crippen molar-refractivity contribution < 1.29 is 9.53 Å². The molecule has 0 bridgehead atoms. The third-order valence-corrected chi connectivity index (χ3v) is 3.56. The monoisotopic (exact) mass is 291 g/mol. The maximum absolute atomic E-state index is 11.0. The van der Waals surface area contributed by atoms with Crippen molar-refractivity contribution in [1.29, 1.82) is 0 Å². The van der Waals surface area contributed by atoms with Crippen molar-refractivity contribution >= 4 is 11.6 Å². The minimum absolute atomic E-state index is 0.0417. The Balaban J connectivity index is 1.72. The van der Waals surface area contributed by atoms with Crippen LogP contribution in [0, 0.1) is 0 Å². The van der Waals surface area contributed by atoms with Crippen LogP contribution in [-0.4, -0.2) is 49.7 Å². The second-order valence-electron chi connectivity index (χ2n) is 5.57. The first kappa shape index (κ1) is 15.9. The topological polar surface area (TPSA) is 53.6 Å². The number of nitrogens with zero attached hydrogens (tertiary/aromatic N) is 1. The molecular formula is C16H25N3O2. The molecule has 1 aromatic rings. The standard InChI is InChI=1S/C16H25N3O2/c1-13(12-19-7-9-21-10-8-19)17-11-15-3-5-16(6-4-15)18-14(2)20/h3-6,13,17H,7-12H2,1-2H3,(H,18,20). The number of hydrogen-bond donors (Lipinski definition) is 2. The molecule has 116 valence electrons. The maximum Gasteiger partial charge on any atom is 0.221 e. The van der Waals surface area contributed by atoms with E-state index in [1.54, 1.807) is 0 Å². The Labute approximate surface area is 126 Å². The molecule has 0 aromatic heterocycles. The summed E-state index contributed by atoms with van der Waals surface area (Å²) in [6, 6.07) is 8.40. The number of carbonyl (C=O) groups is 1. The first-order valence-electron chi connectivity index (χ1n) is 7.53. The number of anilines is 1. The molecule has 1 amide bonds. The predicted octanol–water partition coefficient (Wildman–Crippen LogP) is 1.46. The molecule has 1 aromatic carbocycles. The minimum atomic E-state index is -0.0417. The van der Waals surface area contributed by atoms with Crippen molar-refractivity contribution in [2.24, 2.45) is 0 Å². The van der Waals surface area contributed by atoms with Crippen LogP contribution in [0.25, 0.3) is 0 Å². The smallest absolute Gasteiger partial charge is 0.221 e. The molecule has 0 radical (unpaired) electrons. The maximum atomic E-state index is 11.0. The van der Waals surface area contributed by atoms with Gasteiger partial charge in [0.1, 0.15) is 0 Å². The summed E-state index contributed by atoms with van der Waals surface area (Å²) in [5.41, 5.74) is 2.06. The van der Waals surface area contributed by atoms with Crippen LogP contribution in [0.4, 0.5) is 5.69 Å². The fourth-order valence-electron chi connectivity index (χ4n) is 2.44. The average molecular weight is 291 g/mol. The number of nitrogens with one attached hydrogen (secondary N) is 2. The van der Waals surface area contributed by atoms with Crippen molar-refractivity contribution in [3.05, 3.63) is 29.8 Å². The van der Waals surface area contributed by atoms with E-state index in [0.717, 1.165) is 45.1 Å². The zero-order valence-corrected chi connectivity index (χ0v) is 12.9. The molecule has 2 rings (SSSR count). The van der Waals surface area contributed by atoms with Gasteiger partial charge < -0.3 is 15.4 Å². The van der Waals surface area contributed by atoms with Crippen LogP contribution in [0.2, 0.25) is 0 Å². The number of rotatable bonds is 6. The molecule has 0 aliphatic carbocycles. The van der Waals surface area contributed by atoms with Gasteiger partial charge in [-0.25, -0.2) is 0 Å². The van der Waals surface area contributed by atoms with Crippen molar-refractivity contribution in [3.8, 4) is 0 Å². The van der Waals surface area contributed by atoms with E-state index in [4.69, 9.17) is 4.74 Å². The number of morpholine rings is 1. The molecule has 1 aliphatic rings. The minimum Gasteiger partial charge on any atom is -0.379 e. The number of benzene rings is 1. The lowest BCUT2D eigenvalue weighted by Crippen LogP contribution is -2.44. The SMILES string of the molecule is CC(=O)Nc1ccc(CNC(C)CN2CCOCC2)cc1. The molecule has 1 aliphatic heterocycles. The highest BCUT2D eigenvalue weighted by molar-refractivity contribution is 5.88. The average Bonchev–Trinajstić information content (AvgIpc) is 2.47. The van der Waals surface area contributed by atoms with Crippen molar-refractivity contribution in [1.82, 2.24) is 10.2 Å². The summed E-state index contributed by atoms with van der Waals surface area (Å²) in [4.78, 5) is 13.4. The van der Waals surface area contributed by atoms with Crippen LogP contribution < -0.4 is 10.6 Å². The van der Waals surface area contributed by atoms with Gasteiger partial charge in [-0.1, -0.05) is 12.1 Å². The van der Waals surface area contributed by atoms with Crippen LogP contribution >= 0.6 is 0 Å². The normalized spacial score (nSPS) is 17.4. The summed E-state index contributed by atoms with van der Waals surface area (Å²) in [6.07, 6.45) is 0. The molecule has 21 heavy (non-hydrogen) atoms. The van der Waals surface area contributed by atoms with Gasteiger partial charge in [0.2, 0.25) is 5.91 Å². The molecule has 2 N–H and O–H groups in total. The van der Waals surface area contributed by atoms with E-state index < -0.39 is 0 Å². The predicted molar refractivity (Wildman–Crippen MR) is 84.3 cm³/mol. The highest BCUT2D eigenvalue weighted by atomic mass is 16.5. The first-order valence-corrected chi connectivity index (χ1v) is 7.53. The van der Waals surface area contributed by atoms with Gasteiger partial charge in [-0.05, 0) is 24.6 Å². The largest absolute Gasteiger partial charge is 0.379 e. The van der Waals surface area contributed by atoms with Gasteiger partial charge in [0.25, 0.3) is 0 Å². The van der Waals surface area contributed by atoms with Gasteiger partial charge in [0.15, 0.2) is 0 Å². The Morgan fingerprint density at radius 2 is 1.95 bits per heavy atom. The van der Waals surface area contributed by atoms with Gasteiger partial charge in [0, 0.05) is 44.8 Å². The zero-order chi connectivity index (χ0) is 15.1. The molecule has 1 saturated heterocycles. The van der Waals surface area contributed by atoms with Crippen LogP contribution in [0.1, 0.15) is 19.4 Å². The van der Waals surface area contributed by atoms with Crippen LogP contribution in [0.3, 0.4) is 0 Å². The van der Waals surface area contributed by atoms with Gasteiger partial charge in [-0.3, -0.25) is 9.69 Å². The fourth-order valence-corrected chi connectivity index (χ4v) is 2.44.